The van der Waals surface area contributed by atoms with Crippen LogP contribution in [0.15, 0.2) is 36.7 Å². The van der Waals surface area contributed by atoms with E-state index in [2.05, 4.69) is 14.9 Å². The lowest BCUT2D eigenvalue weighted by atomic mass is 10.1. The molecule has 0 aliphatic carbocycles. The van der Waals surface area contributed by atoms with Gasteiger partial charge in [0.15, 0.2) is 5.69 Å². The van der Waals surface area contributed by atoms with E-state index in [1.807, 2.05) is 37.3 Å². The molecule has 0 saturated carbocycles. The minimum absolute atomic E-state index is 0.319. The van der Waals surface area contributed by atoms with Crippen LogP contribution in [0.25, 0.3) is 0 Å². The first-order chi connectivity index (χ1) is 9.24. The number of nitrogen functional groups attached to an aromatic ring is 1. The quantitative estimate of drug-likeness (QED) is 0.842. The van der Waals surface area contributed by atoms with Crippen molar-refractivity contribution in [1.82, 2.24) is 9.97 Å². The molecule has 0 saturated heterocycles. The van der Waals surface area contributed by atoms with Crippen LogP contribution in [-0.2, 0) is 6.54 Å². The van der Waals surface area contributed by atoms with Gasteiger partial charge < -0.3 is 10.6 Å². The van der Waals surface area contributed by atoms with Gasteiger partial charge in [0.05, 0.1) is 12.4 Å². The van der Waals surface area contributed by atoms with Crippen molar-refractivity contribution in [3.8, 4) is 6.07 Å². The summed E-state index contributed by atoms with van der Waals surface area (Å²) in [5, 5.41) is 8.71. The zero-order chi connectivity index (χ0) is 13.7. The van der Waals surface area contributed by atoms with Crippen LogP contribution < -0.4 is 10.6 Å². The normalized spacial score (nSPS) is 9.89. The largest absolute Gasteiger partial charge is 0.398 e. The molecule has 1 aromatic heterocycles. The number of para-hydroxylation sites is 1. The van der Waals surface area contributed by atoms with Crippen LogP contribution in [0.1, 0.15) is 18.2 Å². The van der Waals surface area contributed by atoms with Gasteiger partial charge in [0.1, 0.15) is 11.9 Å². The Bertz CT molecular complexity index is 586. The van der Waals surface area contributed by atoms with Gasteiger partial charge in [-0.2, -0.15) is 5.26 Å². The van der Waals surface area contributed by atoms with Crippen molar-refractivity contribution in [2.45, 2.75) is 13.5 Å². The maximum Gasteiger partial charge on any atom is 0.158 e. The maximum atomic E-state index is 8.71. The highest BCUT2D eigenvalue weighted by molar-refractivity contribution is 5.49. The molecule has 0 aliphatic rings. The molecule has 0 spiro atoms. The van der Waals surface area contributed by atoms with Crippen molar-refractivity contribution < 1.29 is 0 Å². The second kappa shape index (κ2) is 5.83. The first kappa shape index (κ1) is 12.8. The zero-order valence-corrected chi connectivity index (χ0v) is 10.7. The number of rotatable bonds is 4. The highest BCUT2D eigenvalue weighted by Gasteiger charge is 2.09. The van der Waals surface area contributed by atoms with Crippen molar-refractivity contribution in [2.24, 2.45) is 0 Å². The van der Waals surface area contributed by atoms with E-state index >= 15 is 0 Å². The van der Waals surface area contributed by atoms with E-state index < -0.39 is 0 Å². The molecule has 0 atom stereocenters. The summed E-state index contributed by atoms with van der Waals surface area (Å²) in [4.78, 5) is 10.3. The number of aromatic nitrogens is 2. The maximum absolute atomic E-state index is 8.71. The van der Waals surface area contributed by atoms with Crippen LogP contribution in [0.5, 0.6) is 0 Å². The lowest BCUT2D eigenvalue weighted by Crippen LogP contribution is -2.23. The van der Waals surface area contributed by atoms with Gasteiger partial charge in [-0.25, -0.2) is 9.97 Å². The summed E-state index contributed by atoms with van der Waals surface area (Å²) in [5.74, 6) is 0.741. The lowest BCUT2D eigenvalue weighted by Gasteiger charge is -2.22. The first-order valence-corrected chi connectivity index (χ1v) is 6.05. The van der Waals surface area contributed by atoms with Gasteiger partial charge in [-0.15, -0.1) is 0 Å². The Labute approximate surface area is 112 Å². The molecular weight excluding hydrogens is 238 g/mol. The molecule has 0 bridgehead atoms. The highest BCUT2D eigenvalue weighted by Crippen LogP contribution is 2.17. The number of nitriles is 1. The van der Waals surface area contributed by atoms with Crippen molar-refractivity contribution in [1.29, 1.82) is 5.26 Å². The number of nitrogens with two attached hydrogens (primary N) is 1. The van der Waals surface area contributed by atoms with Crippen LogP contribution in [0.2, 0.25) is 0 Å². The third-order valence-corrected chi connectivity index (χ3v) is 2.87. The van der Waals surface area contributed by atoms with Crippen molar-refractivity contribution in [2.75, 3.05) is 17.2 Å². The van der Waals surface area contributed by atoms with E-state index in [0.29, 0.717) is 12.2 Å². The number of anilines is 2. The van der Waals surface area contributed by atoms with Gasteiger partial charge in [0.2, 0.25) is 0 Å². The fourth-order valence-corrected chi connectivity index (χ4v) is 1.78. The van der Waals surface area contributed by atoms with Crippen LogP contribution in [0.3, 0.4) is 0 Å². The number of benzene rings is 1. The van der Waals surface area contributed by atoms with Gasteiger partial charge in [-0.05, 0) is 18.6 Å². The van der Waals surface area contributed by atoms with Crippen LogP contribution in [-0.4, -0.2) is 16.5 Å². The van der Waals surface area contributed by atoms with Crippen molar-refractivity contribution in [3.05, 3.63) is 47.9 Å². The smallest absolute Gasteiger partial charge is 0.158 e. The molecule has 2 aromatic rings. The molecule has 0 amide bonds. The minimum atomic E-state index is 0.319. The standard InChI is InChI=1S/C14H15N5/c1-2-19(10-11-5-3-4-6-13(11)16)14-9-17-12(7-15)8-18-14/h3-6,8-9H,2,10,16H2,1H3. The topological polar surface area (TPSA) is 78.8 Å². The highest BCUT2D eigenvalue weighted by atomic mass is 15.2. The lowest BCUT2D eigenvalue weighted by molar-refractivity contribution is 0.809. The van der Waals surface area contributed by atoms with Gasteiger partial charge in [-0.1, -0.05) is 18.2 Å². The molecule has 2 N–H and O–H groups in total. The average Bonchev–Trinajstić information content (AvgIpc) is 2.47. The molecule has 19 heavy (non-hydrogen) atoms. The Kier molecular flexibility index (Phi) is 3.94. The fourth-order valence-electron chi connectivity index (χ4n) is 1.78. The van der Waals surface area contributed by atoms with Gasteiger partial charge in [0.25, 0.3) is 0 Å². The molecule has 5 heteroatoms. The van der Waals surface area contributed by atoms with E-state index in [0.717, 1.165) is 23.6 Å². The van der Waals surface area contributed by atoms with E-state index in [4.69, 9.17) is 11.0 Å². The summed E-state index contributed by atoms with van der Waals surface area (Å²) in [5.41, 5.74) is 8.08. The fraction of sp³-hybridized carbons (Fsp3) is 0.214. The van der Waals surface area contributed by atoms with Crippen molar-refractivity contribution in [3.63, 3.8) is 0 Å². The number of nitrogens with zero attached hydrogens (tertiary/aromatic N) is 4. The van der Waals surface area contributed by atoms with Crippen LogP contribution >= 0.6 is 0 Å². The summed E-state index contributed by atoms with van der Waals surface area (Å²) in [7, 11) is 0. The predicted molar refractivity (Wildman–Crippen MR) is 74.3 cm³/mol. The molecule has 1 heterocycles. The average molecular weight is 253 g/mol. The van der Waals surface area contributed by atoms with Gasteiger partial charge in [-0.3, -0.25) is 0 Å². The Morgan fingerprint density at radius 2 is 2.05 bits per heavy atom. The number of hydrogen-bond acceptors (Lipinski definition) is 5. The minimum Gasteiger partial charge on any atom is -0.398 e. The second-order valence-electron chi connectivity index (χ2n) is 4.08. The molecule has 1 aromatic carbocycles. The third-order valence-electron chi connectivity index (χ3n) is 2.87. The van der Waals surface area contributed by atoms with Crippen LogP contribution in [0.4, 0.5) is 11.5 Å². The SMILES string of the molecule is CCN(Cc1ccccc1N)c1cnc(C#N)cn1. The summed E-state index contributed by atoms with van der Waals surface area (Å²) in [6, 6.07) is 9.71. The molecule has 5 nitrogen and oxygen atoms in total. The molecule has 0 fully saturated rings. The zero-order valence-electron chi connectivity index (χ0n) is 10.7. The molecule has 2 rings (SSSR count). The Balaban J connectivity index is 2.20. The molecule has 0 radical (unpaired) electrons. The van der Waals surface area contributed by atoms with E-state index in [1.54, 1.807) is 6.20 Å². The summed E-state index contributed by atoms with van der Waals surface area (Å²) in [6.45, 7) is 3.50. The van der Waals surface area contributed by atoms with Gasteiger partial charge >= 0.3 is 0 Å². The summed E-state index contributed by atoms with van der Waals surface area (Å²) in [6.07, 6.45) is 3.09. The Morgan fingerprint density at radius 3 is 2.63 bits per heavy atom. The Hall–Kier alpha value is -2.61. The van der Waals surface area contributed by atoms with Gasteiger partial charge in [0, 0.05) is 18.8 Å². The molecule has 96 valence electrons. The van der Waals surface area contributed by atoms with Crippen molar-refractivity contribution >= 4 is 11.5 Å². The van der Waals surface area contributed by atoms with Crippen LogP contribution in [0, 0.1) is 11.3 Å². The summed E-state index contributed by atoms with van der Waals surface area (Å²) < 4.78 is 0. The first-order valence-electron chi connectivity index (χ1n) is 6.05. The Morgan fingerprint density at radius 1 is 1.26 bits per heavy atom. The summed E-state index contributed by atoms with van der Waals surface area (Å²) >= 11 is 0. The monoisotopic (exact) mass is 253 g/mol. The predicted octanol–water partition coefficient (Wildman–Crippen LogP) is 1.96. The van der Waals surface area contributed by atoms with E-state index in [-0.39, 0.29) is 0 Å². The van der Waals surface area contributed by atoms with E-state index in [1.165, 1.54) is 6.20 Å². The second-order valence-corrected chi connectivity index (χ2v) is 4.08. The molecular formula is C14H15N5. The molecule has 0 aliphatic heterocycles. The van der Waals surface area contributed by atoms with E-state index in [9.17, 15) is 0 Å². The molecule has 0 unspecified atom stereocenters. The third kappa shape index (κ3) is 2.99. The number of hydrogen-bond donors (Lipinski definition) is 1.